The summed E-state index contributed by atoms with van der Waals surface area (Å²) in [5.41, 5.74) is 0. The van der Waals surface area contributed by atoms with Crippen LogP contribution in [-0.2, 0) is 10.1 Å². The molecule has 0 atom stereocenters. The SMILES string of the molecule is O=S(=O)(O)CCN1CC[NH+](CCO)CC1. The van der Waals surface area contributed by atoms with E-state index in [1.807, 2.05) is 4.90 Å². The first-order chi connectivity index (χ1) is 7.01. The topological polar surface area (TPSA) is 82.3 Å². The average molecular weight is 239 g/mol. The minimum absolute atomic E-state index is 0.192. The molecule has 0 saturated carbocycles. The predicted molar refractivity (Wildman–Crippen MR) is 55.5 cm³/mol. The van der Waals surface area contributed by atoms with Gasteiger partial charge in [-0.05, 0) is 0 Å². The summed E-state index contributed by atoms with van der Waals surface area (Å²) in [6.07, 6.45) is 0. The molecular weight excluding hydrogens is 220 g/mol. The number of nitrogens with one attached hydrogen (secondary N) is 1. The van der Waals surface area contributed by atoms with Crippen LogP contribution in [0.1, 0.15) is 0 Å². The number of hydrogen-bond acceptors (Lipinski definition) is 4. The Balaban J connectivity index is 2.20. The van der Waals surface area contributed by atoms with Gasteiger partial charge in [-0.25, -0.2) is 0 Å². The molecule has 1 saturated heterocycles. The Kier molecular flexibility index (Phi) is 4.94. The van der Waals surface area contributed by atoms with Crippen molar-refractivity contribution in [2.75, 3.05) is 51.6 Å². The fourth-order valence-corrected chi connectivity index (χ4v) is 2.23. The van der Waals surface area contributed by atoms with Gasteiger partial charge in [-0.2, -0.15) is 8.42 Å². The molecule has 90 valence electrons. The second kappa shape index (κ2) is 5.76. The molecule has 6 nitrogen and oxygen atoms in total. The Morgan fingerprint density at radius 2 is 1.87 bits per heavy atom. The maximum absolute atomic E-state index is 10.5. The van der Waals surface area contributed by atoms with Crippen molar-refractivity contribution in [3.05, 3.63) is 0 Å². The monoisotopic (exact) mass is 239 g/mol. The van der Waals surface area contributed by atoms with E-state index in [2.05, 4.69) is 0 Å². The molecule has 3 N–H and O–H groups in total. The first kappa shape index (κ1) is 12.9. The lowest BCUT2D eigenvalue weighted by Gasteiger charge is -2.31. The third-order valence-corrected chi connectivity index (χ3v) is 3.39. The second-order valence-corrected chi connectivity index (χ2v) is 5.42. The van der Waals surface area contributed by atoms with Crippen LogP contribution >= 0.6 is 0 Å². The molecule has 1 fully saturated rings. The van der Waals surface area contributed by atoms with E-state index in [4.69, 9.17) is 9.66 Å². The maximum atomic E-state index is 10.5. The first-order valence-electron chi connectivity index (χ1n) is 5.13. The Bertz CT molecular complexity index is 272. The molecule has 0 spiro atoms. The van der Waals surface area contributed by atoms with Gasteiger partial charge in [0.25, 0.3) is 10.1 Å². The van der Waals surface area contributed by atoms with E-state index < -0.39 is 10.1 Å². The number of hydrogen-bond donors (Lipinski definition) is 3. The highest BCUT2D eigenvalue weighted by atomic mass is 32.2. The highest BCUT2D eigenvalue weighted by molar-refractivity contribution is 7.85. The second-order valence-electron chi connectivity index (χ2n) is 3.85. The smallest absolute Gasteiger partial charge is 0.266 e. The van der Waals surface area contributed by atoms with Crippen LogP contribution in [0.25, 0.3) is 0 Å². The van der Waals surface area contributed by atoms with Gasteiger partial charge in [0, 0.05) is 19.6 Å². The maximum Gasteiger partial charge on any atom is 0.266 e. The zero-order valence-corrected chi connectivity index (χ0v) is 9.54. The van der Waals surface area contributed by atoms with E-state index >= 15 is 0 Å². The van der Waals surface area contributed by atoms with Crippen LogP contribution in [0.2, 0.25) is 0 Å². The summed E-state index contributed by atoms with van der Waals surface area (Å²) >= 11 is 0. The third-order valence-electron chi connectivity index (χ3n) is 2.69. The number of rotatable bonds is 5. The lowest BCUT2D eigenvalue weighted by Crippen LogP contribution is -3.15. The number of aliphatic hydroxyl groups is 1. The number of quaternary nitrogens is 1. The summed E-state index contributed by atoms with van der Waals surface area (Å²) in [6.45, 7) is 4.84. The van der Waals surface area contributed by atoms with E-state index in [0.717, 1.165) is 32.7 Å². The minimum atomic E-state index is -3.84. The molecule has 1 aliphatic heterocycles. The third kappa shape index (κ3) is 5.43. The molecule has 15 heavy (non-hydrogen) atoms. The van der Waals surface area contributed by atoms with E-state index in [1.165, 1.54) is 4.90 Å². The summed E-state index contributed by atoms with van der Waals surface area (Å²) in [7, 11) is -3.84. The van der Waals surface area contributed by atoms with Crippen LogP contribution in [0.15, 0.2) is 0 Å². The van der Waals surface area contributed by atoms with Crippen molar-refractivity contribution in [1.29, 1.82) is 0 Å². The molecule has 0 radical (unpaired) electrons. The number of nitrogens with zero attached hydrogens (tertiary/aromatic N) is 1. The van der Waals surface area contributed by atoms with Crippen molar-refractivity contribution in [2.45, 2.75) is 0 Å². The Hall–Kier alpha value is -0.210. The summed E-state index contributed by atoms with van der Waals surface area (Å²) in [5.74, 6) is -0.192. The Morgan fingerprint density at radius 1 is 1.27 bits per heavy atom. The van der Waals surface area contributed by atoms with Gasteiger partial charge in [0.1, 0.15) is 6.54 Å². The molecule has 1 heterocycles. The predicted octanol–water partition coefficient (Wildman–Crippen LogP) is -2.93. The highest BCUT2D eigenvalue weighted by Gasteiger charge is 2.20. The van der Waals surface area contributed by atoms with Gasteiger partial charge in [-0.1, -0.05) is 0 Å². The molecule has 0 bridgehead atoms. The first-order valence-corrected chi connectivity index (χ1v) is 6.74. The van der Waals surface area contributed by atoms with Gasteiger partial charge in [0.05, 0.1) is 25.4 Å². The van der Waals surface area contributed by atoms with Crippen LogP contribution in [0, 0.1) is 0 Å². The van der Waals surface area contributed by atoms with E-state index in [1.54, 1.807) is 0 Å². The minimum Gasteiger partial charge on any atom is -0.391 e. The molecule has 0 amide bonds. The number of aliphatic hydroxyl groups excluding tert-OH is 1. The van der Waals surface area contributed by atoms with Gasteiger partial charge in [-0.15, -0.1) is 0 Å². The molecule has 0 aromatic rings. The lowest BCUT2D eigenvalue weighted by atomic mass is 10.3. The Labute approximate surface area is 90.2 Å². The summed E-state index contributed by atoms with van der Waals surface area (Å²) in [4.78, 5) is 3.37. The van der Waals surface area contributed by atoms with Gasteiger partial charge in [-0.3, -0.25) is 9.45 Å². The van der Waals surface area contributed by atoms with Crippen LogP contribution in [0.4, 0.5) is 0 Å². The summed E-state index contributed by atoms with van der Waals surface area (Å²) < 4.78 is 29.7. The average Bonchev–Trinajstić information content (AvgIpc) is 2.16. The van der Waals surface area contributed by atoms with Gasteiger partial charge >= 0.3 is 0 Å². The fourth-order valence-electron chi connectivity index (χ4n) is 1.75. The quantitative estimate of drug-likeness (QED) is 0.447. The van der Waals surface area contributed by atoms with Crippen LogP contribution in [0.5, 0.6) is 0 Å². The molecule has 7 heteroatoms. The van der Waals surface area contributed by atoms with Crippen LogP contribution in [0.3, 0.4) is 0 Å². The normalized spacial score (nSPS) is 20.7. The van der Waals surface area contributed by atoms with Crippen LogP contribution in [-0.4, -0.2) is 74.6 Å². The van der Waals surface area contributed by atoms with Gasteiger partial charge in [0.15, 0.2) is 0 Å². The van der Waals surface area contributed by atoms with E-state index in [9.17, 15) is 8.42 Å². The largest absolute Gasteiger partial charge is 0.391 e. The summed E-state index contributed by atoms with van der Waals surface area (Å²) in [6, 6.07) is 0. The molecule has 1 aliphatic rings. The summed E-state index contributed by atoms with van der Waals surface area (Å²) in [5, 5.41) is 8.75. The molecule has 0 aromatic carbocycles. The molecule has 0 unspecified atom stereocenters. The van der Waals surface area contributed by atoms with Crippen molar-refractivity contribution in [2.24, 2.45) is 0 Å². The molecule has 0 aliphatic carbocycles. The van der Waals surface area contributed by atoms with E-state index in [-0.39, 0.29) is 12.4 Å². The van der Waals surface area contributed by atoms with Gasteiger partial charge in [0.2, 0.25) is 0 Å². The van der Waals surface area contributed by atoms with Crippen molar-refractivity contribution < 1.29 is 23.0 Å². The van der Waals surface area contributed by atoms with Gasteiger partial charge < -0.3 is 10.0 Å². The number of piperazine rings is 1. The molecule has 1 rings (SSSR count). The lowest BCUT2D eigenvalue weighted by molar-refractivity contribution is -0.904. The fraction of sp³-hybridized carbons (Fsp3) is 1.00. The van der Waals surface area contributed by atoms with Crippen LogP contribution < -0.4 is 4.90 Å². The molecule has 0 aromatic heterocycles. The van der Waals surface area contributed by atoms with Crippen molar-refractivity contribution in [3.8, 4) is 0 Å². The highest BCUT2D eigenvalue weighted by Crippen LogP contribution is 1.91. The van der Waals surface area contributed by atoms with E-state index in [0.29, 0.717) is 6.54 Å². The van der Waals surface area contributed by atoms with Crippen molar-refractivity contribution in [1.82, 2.24) is 4.90 Å². The van der Waals surface area contributed by atoms with Crippen molar-refractivity contribution >= 4 is 10.1 Å². The zero-order chi connectivity index (χ0) is 11.3. The Morgan fingerprint density at radius 3 is 2.33 bits per heavy atom. The standard InChI is InChI=1S/C8H18N2O4S/c11-7-5-9-1-3-10(4-2-9)6-8-15(12,13)14/h11H,1-8H2,(H,12,13,14)/p+1. The zero-order valence-electron chi connectivity index (χ0n) is 8.72. The molecular formula is C8H19N2O4S+. The van der Waals surface area contributed by atoms with Crippen molar-refractivity contribution in [3.63, 3.8) is 0 Å².